The van der Waals surface area contributed by atoms with Gasteiger partial charge in [-0.1, -0.05) is 12.1 Å². The molecule has 0 aliphatic carbocycles. The Morgan fingerprint density at radius 2 is 1.52 bits per heavy atom. The van der Waals surface area contributed by atoms with Gasteiger partial charge in [-0.2, -0.15) is 4.31 Å². The van der Waals surface area contributed by atoms with E-state index < -0.39 is 10.0 Å². The molecule has 1 saturated heterocycles. The number of aryl methyl sites for hydroxylation is 4. The first-order chi connectivity index (χ1) is 13.7. The van der Waals surface area contributed by atoms with E-state index in [1.807, 2.05) is 52.0 Å². The van der Waals surface area contributed by atoms with Crippen LogP contribution in [0, 0.1) is 27.7 Å². The normalized spacial score (nSPS) is 15.4. The van der Waals surface area contributed by atoms with Crippen LogP contribution in [-0.2, 0) is 14.8 Å². The molecular formula is C22H28N2O4S. The summed E-state index contributed by atoms with van der Waals surface area (Å²) in [6, 6.07) is 11.0. The molecule has 0 N–H and O–H groups in total. The van der Waals surface area contributed by atoms with Gasteiger partial charge in [-0.25, -0.2) is 8.42 Å². The molecule has 7 heteroatoms. The zero-order valence-electron chi connectivity index (χ0n) is 17.4. The minimum absolute atomic E-state index is 0.0488. The summed E-state index contributed by atoms with van der Waals surface area (Å²) in [5, 5.41) is 0. The Balaban J connectivity index is 1.58. The zero-order valence-corrected chi connectivity index (χ0v) is 18.3. The molecular weight excluding hydrogens is 388 g/mol. The Labute approximate surface area is 173 Å². The minimum atomic E-state index is -3.55. The monoisotopic (exact) mass is 416 g/mol. The van der Waals surface area contributed by atoms with E-state index in [9.17, 15) is 13.2 Å². The fourth-order valence-corrected chi connectivity index (χ4v) is 4.96. The van der Waals surface area contributed by atoms with Crippen molar-refractivity contribution in [2.24, 2.45) is 0 Å². The van der Waals surface area contributed by atoms with Crippen molar-refractivity contribution in [3.63, 3.8) is 0 Å². The topological polar surface area (TPSA) is 66.9 Å². The summed E-state index contributed by atoms with van der Waals surface area (Å²) in [7, 11) is -3.55. The number of ether oxygens (including phenoxy) is 1. The minimum Gasteiger partial charge on any atom is -0.484 e. The van der Waals surface area contributed by atoms with Crippen LogP contribution in [0.2, 0.25) is 0 Å². The Bertz CT molecular complexity index is 989. The molecule has 0 spiro atoms. The van der Waals surface area contributed by atoms with Crippen molar-refractivity contribution in [2.45, 2.75) is 32.6 Å². The van der Waals surface area contributed by atoms with E-state index in [0.717, 1.165) is 22.3 Å². The summed E-state index contributed by atoms with van der Waals surface area (Å²) in [4.78, 5) is 14.4. The number of sulfonamides is 1. The molecule has 6 nitrogen and oxygen atoms in total. The molecule has 1 heterocycles. The van der Waals surface area contributed by atoms with Gasteiger partial charge in [-0.3, -0.25) is 4.79 Å². The first kappa shape index (κ1) is 21.3. The third-order valence-electron chi connectivity index (χ3n) is 5.27. The Morgan fingerprint density at radius 3 is 2.10 bits per heavy atom. The quantitative estimate of drug-likeness (QED) is 0.752. The molecule has 1 amide bonds. The van der Waals surface area contributed by atoms with E-state index in [1.165, 1.54) is 4.31 Å². The maximum Gasteiger partial charge on any atom is 0.260 e. The van der Waals surface area contributed by atoms with E-state index in [0.29, 0.717) is 23.7 Å². The lowest BCUT2D eigenvalue weighted by atomic mass is 10.1. The number of hydrogen-bond donors (Lipinski definition) is 0. The lowest BCUT2D eigenvalue weighted by Crippen LogP contribution is -2.51. The van der Waals surface area contributed by atoms with Crippen molar-refractivity contribution in [3.8, 4) is 5.75 Å². The molecule has 1 aliphatic heterocycles. The van der Waals surface area contributed by atoms with E-state index in [-0.39, 0.29) is 25.6 Å². The van der Waals surface area contributed by atoms with Crippen molar-refractivity contribution in [3.05, 3.63) is 58.7 Å². The van der Waals surface area contributed by atoms with Gasteiger partial charge in [0, 0.05) is 26.2 Å². The summed E-state index contributed by atoms with van der Waals surface area (Å²) in [5.41, 5.74) is 4.17. The highest BCUT2D eigenvalue weighted by atomic mass is 32.2. The number of benzene rings is 2. The van der Waals surface area contributed by atoms with E-state index in [4.69, 9.17) is 4.74 Å². The third-order valence-corrected chi connectivity index (χ3v) is 7.16. The number of hydrogen-bond acceptors (Lipinski definition) is 4. The van der Waals surface area contributed by atoms with Crippen molar-refractivity contribution >= 4 is 15.9 Å². The second kappa shape index (κ2) is 8.55. The first-order valence-electron chi connectivity index (χ1n) is 9.73. The van der Waals surface area contributed by atoms with Crippen LogP contribution in [-0.4, -0.2) is 56.3 Å². The maximum atomic E-state index is 12.9. The van der Waals surface area contributed by atoms with Gasteiger partial charge in [-0.15, -0.1) is 0 Å². The number of amides is 1. The molecule has 2 aromatic carbocycles. The van der Waals surface area contributed by atoms with Gasteiger partial charge in [0.15, 0.2) is 6.61 Å². The van der Waals surface area contributed by atoms with Crippen LogP contribution in [0.3, 0.4) is 0 Å². The summed E-state index contributed by atoms with van der Waals surface area (Å²) >= 11 is 0. The Hall–Kier alpha value is -2.38. The molecule has 0 saturated carbocycles. The lowest BCUT2D eigenvalue weighted by Gasteiger charge is -2.34. The summed E-state index contributed by atoms with van der Waals surface area (Å²) in [6.07, 6.45) is 0. The predicted octanol–water partition coefficient (Wildman–Crippen LogP) is 2.83. The van der Waals surface area contributed by atoms with Crippen molar-refractivity contribution in [2.75, 3.05) is 32.8 Å². The standard InChI is InChI=1S/C22H28N2O4S/c1-16-11-17(2)13-20(12-16)28-15-22(25)23-7-9-24(10-8-23)29(26,27)21-6-5-18(3)19(4)14-21/h5-6,11-14H,7-10,15H2,1-4H3. The fraction of sp³-hybridized carbons (Fsp3) is 0.409. The molecule has 2 aromatic rings. The summed E-state index contributed by atoms with van der Waals surface area (Å²) < 4.78 is 32.9. The van der Waals surface area contributed by atoms with Crippen LogP contribution in [0.5, 0.6) is 5.75 Å². The van der Waals surface area contributed by atoms with Gasteiger partial charge in [0.1, 0.15) is 5.75 Å². The van der Waals surface area contributed by atoms with Gasteiger partial charge in [-0.05, 0) is 74.2 Å². The van der Waals surface area contributed by atoms with Gasteiger partial charge in [0.2, 0.25) is 10.0 Å². The van der Waals surface area contributed by atoms with E-state index >= 15 is 0 Å². The van der Waals surface area contributed by atoms with Gasteiger partial charge < -0.3 is 9.64 Å². The Morgan fingerprint density at radius 1 is 0.897 bits per heavy atom. The molecule has 0 atom stereocenters. The van der Waals surface area contributed by atoms with Crippen LogP contribution in [0.4, 0.5) is 0 Å². The second-order valence-corrected chi connectivity index (χ2v) is 9.58. The number of carbonyl (C=O) groups excluding carboxylic acids is 1. The highest BCUT2D eigenvalue weighted by Crippen LogP contribution is 2.21. The number of carbonyl (C=O) groups is 1. The smallest absolute Gasteiger partial charge is 0.260 e. The largest absolute Gasteiger partial charge is 0.484 e. The fourth-order valence-electron chi connectivity index (χ4n) is 3.45. The summed E-state index contributed by atoms with van der Waals surface area (Å²) in [5.74, 6) is 0.541. The molecule has 1 fully saturated rings. The number of piperazine rings is 1. The molecule has 3 rings (SSSR count). The molecule has 1 aliphatic rings. The van der Waals surface area contributed by atoms with Crippen molar-refractivity contribution in [1.82, 2.24) is 9.21 Å². The predicted molar refractivity (Wildman–Crippen MR) is 113 cm³/mol. The number of nitrogens with zero attached hydrogens (tertiary/aromatic N) is 2. The second-order valence-electron chi connectivity index (χ2n) is 7.64. The molecule has 0 radical (unpaired) electrons. The van der Waals surface area contributed by atoms with Crippen LogP contribution in [0.15, 0.2) is 41.3 Å². The molecule has 0 bridgehead atoms. The lowest BCUT2D eigenvalue weighted by molar-refractivity contribution is -0.134. The SMILES string of the molecule is Cc1cc(C)cc(OCC(=O)N2CCN(S(=O)(=O)c3ccc(C)c(C)c3)CC2)c1. The molecule has 156 valence electrons. The van der Waals surface area contributed by atoms with E-state index in [2.05, 4.69) is 0 Å². The van der Waals surface area contributed by atoms with Crippen molar-refractivity contribution in [1.29, 1.82) is 0 Å². The van der Waals surface area contributed by atoms with Gasteiger partial charge in [0.25, 0.3) is 5.91 Å². The highest BCUT2D eigenvalue weighted by Gasteiger charge is 2.30. The van der Waals surface area contributed by atoms with Crippen molar-refractivity contribution < 1.29 is 17.9 Å². The Kier molecular flexibility index (Phi) is 6.29. The molecule has 0 aromatic heterocycles. The van der Waals surface area contributed by atoms with Crippen LogP contribution in [0.1, 0.15) is 22.3 Å². The van der Waals surface area contributed by atoms with Crippen LogP contribution >= 0.6 is 0 Å². The van der Waals surface area contributed by atoms with E-state index in [1.54, 1.807) is 17.0 Å². The molecule has 0 unspecified atom stereocenters. The zero-order chi connectivity index (χ0) is 21.2. The van der Waals surface area contributed by atoms with Crippen LogP contribution in [0.25, 0.3) is 0 Å². The first-order valence-corrected chi connectivity index (χ1v) is 11.2. The average Bonchev–Trinajstić information content (AvgIpc) is 2.67. The summed E-state index contributed by atoms with van der Waals surface area (Å²) in [6.45, 7) is 9.06. The number of rotatable bonds is 5. The van der Waals surface area contributed by atoms with Crippen LogP contribution < -0.4 is 4.74 Å². The third kappa shape index (κ3) is 4.97. The highest BCUT2D eigenvalue weighted by molar-refractivity contribution is 7.89. The average molecular weight is 417 g/mol. The maximum absolute atomic E-state index is 12.9. The van der Waals surface area contributed by atoms with Gasteiger partial charge in [0.05, 0.1) is 4.90 Å². The van der Waals surface area contributed by atoms with Gasteiger partial charge >= 0.3 is 0 Å². The molecule has 29 heavy (non-hydrogen) atoms.